The molecule has 160 valence electrons. The molecule has 3 aromatic heterocycles. The Bertz CT molecular complexity index is 1480. The van der Waals surface area contributed by atoms with Gasteiger partial charge in [-0.3, -0.25) is 4.57 Å². The van der Waals surface area contributed by atoms with Gasteiger partial charge in [0.15, 0.2) is 0 Å². The standard InChI is InChI=1S/C25H18ClN7/c1-16-23(25(32-12-11-29-15-32)33(31-16)19-5-3-2-4-6-19)20-13-22(30-24(28)21(20)14-27)17-7-9-18(26)10-8-17/h2-13,15H,1H3,(H2,28,30). The Morgan fingerprint density at radius 2 is 1.82 bits per heavy atom. The summed E-state index contributed by atoms with van der Waals surface area (Å²) in [4.78, 5) is 8.70. The van der Waals surface area contributed by atoms with E-state index in [2.05, 4.69) is 16.0 Å². The number of imidazole rings is 1. The van der Waals surface area contributed by atoms with E-state index in [1.807, 2.05) is 70.9 Å². The Morgan fingerprint density at radius 3 is 2.48 bits per heavy atom. The molecule has 7 nitrogen and oxygen atoms in total. The first-order valence-electron chi connectivity index (χ1n) is 10.2. The average Bonchev–Trinajstić information content (AvgIpc) is 3.47. The van der Waals surface area contributed by atoms with Crippen LogP contribution < -0.4 is 5.73 Å². The van der Waals surface area contributed by atoms with Gasteiger partial charge in [-0.05, 0) is 37.3 Å². The molecular formula is C25H18ClN7. The Balaban J connectivity index is 1.82. The molecule has 0 amide bonds. The normalized spacial score (nSPS) is 10.8. The van der Waals surface area contributed by atoms with Gasteiger partial charge in [0.2, 0.25) is 0 Å². The van der Waals surface area contributed by atoms with Crippen LogP contribution in [-0.4, -0.2) is 24.3 Å². The minimum atomic E-state index is 0.156. The van der Waals surface area contributed by atoms with Gasteiger partial charge in [-0.2, -0.15) is 10.4 Å². The summed E-state index contributed by atoms with van der Waals surface area (Å²) >= 11 is 6.06. The zero-order valence-electron chi connectivity index (χ0n) is 17.6. The molecule has 0 aliphatic carbocycles. The molecule has 5 aromatic rings. The summed E-state index contributed by atoms with van der Waals surface area (Å²) in [5.74, 6) is 0.906. The van der Waals surface area contributed by atoms with E-state index in [4.69, 9.17) is 22.4 Å². The number of nitrogens with zero attached hydrogens (tertiary/aromatic N) is 6. The van der Waals surface area contributed by atoms with Crippen molar-refractivity contribution in [3.63, 3.8) is 0 Å². The number of nitrogens with two attached hydrogens (primary N) is 1. The molecule has 0 fully saturated rings. The zero-order chi connectivity index (χ0) is 22.9. The third-order valence-corrected chi connectivity index (χ3v) is 5.61. The highest BCUT2D eigenvalue weighted by molar-refractivity contribution is 6.30. The summed E-state index contributed by atoms with van der Waals surface area (Å²) < 4.78 is 3.72. The minimum Gasteiger partial charge on any atom is -0.383 e. The first-order valence-corrected chi connectivity index (χ1v) is 10.5. The number of hydrogen-bond acceptors (Lipinski definition) is 5. The molecular weight excluding hydrogens is 434 g/mol. The highest BCUT2D eigenvalue weighted by atomic mass is 35.5. The number of aryl methyl sites for hydroxylation is 1. The van der Waals surface area contributed by atoms with Crippen molar-refractivity contribution in [2.75, 3.05) is 5.73 Å². The summed E-state index contributed by atoms with van der Waals surface area (Å²) in [5.41, 5.74) is 11.1. The summed E-state index contributed by atoms with van der Waals surface area (Å²) in [5, 5.41) is 15.4. The first-order chi connectivity index (χ1) is 16.1. The summed E-state index contributed by atoms with van der Waals surface area (Å²) in [6, 6.07) is 21.2. The van der Waals surface area contributed by atoms with Gasteiger partial charge in [0.1, 0.15) is 29.6 Å². The van der Waals surface area contributed by atoms with Crippen LogP contribution in [0.5, 0.6) is 0 Å². The molecule has 2 N–H and O–H groups in total. The number of rotatable bonds is 4. The molecule has 0 aliphatic rings. The van der Waals surface area contributed by atoms with Crippen LogP contribution >= 0.6 is 11.6 Å². The summed E-state index contributed by atoms with van der Waals surface area (Å²) in [7, 11) is 0. The van der Waals surface area contributed by atoms with Gasteiger partial charge in [0.25, 0.3) is 0 Å². The van der Waals surface area contributed by atoms with Crippen molar-refractivity contribution in [3.8, 4) is 40.0 Å². The van der Waals surface area contributed by atoms with Crippen molar-refractivity contribution in [2.24, 2.45) is 0 Å². The van der Waals surface area contributed by atoms with Crippen molar-refractivity contribution >= 4 is 17.4 Å². The van der Waals surface area contributed by atoms with Gasteiger partial charge in [-0.1, -0.05) is 41.9 Å². The highest BCUT2D eigenvalue weighted by Crippen LogP contribution is 2.37. The van der Waals surface area contributed by atoms with Crippen LogP contribution in [0.2, 0.25) is 5.02 Å². The maximum absolute atomic E-state index is 9.96. The molecule has 3 heterocycles. The number of aromatic nitrogens is 5. The molecule has 8 heteroatoms. The quantitative estimate of drug-likeness (QED) is 0.404. The molecule has 0 atom stereocenters. The molecule has 33 heavy (non-hydrogen) atoms. The third-order valence-electron chi connectivity index (χ3n) is 5.35. The second-order valence-corrected chi connectivity index (χ2v) is 7.87. The SMILES string of the molecule is Cc1nn(-c2ccccc2)c(-n2ccnc2)c1-c1cc(-c2ccc(Cl)cc2)nc(N)c1C#N. The number of para-hydroxylation sites is 1. The smallest absolute Gasteiger partial charge is 0.149 e. The third kappa shape index (κ3) is 3.63. The zero-order valence-corrected chi connectivity index (χ0v) is 18.4. The van der Waals surface area contributed by atoms with Gasteiger partial charge < -0.3 is 5.73 Å². The molecule has 0 spiro atoms. The molecule has 0 unspecified atom stereocenters. The predicted molar refractivity (Wildman–Crippen MR) is 128 cm³/mol. The van der Waals surface area contributed by atoms with Crippen LogP contribution in [0.15, 0.2) is 79.4 Å². The second kappa shape index (κ2) is 8.26. The van der Waals surface area contributed by atoms with Crippen LogP contribution in [0.3, 0.4) is 0 Å². The first kappa shape index (κ1) is 20.5. The molecule has 0 aliphatic heterocycles. The Kier molecular flexibility index (Phi) is 5.13. The topological polar surface area (TPSA) is 98.3 Å². The van der Waals surface area contributed by atoms with Crippen molar-refractivity contribution < 1.29 is 0 Å². The molecule has 0 saturated heterocycles. The van der Waals surface area contributed by atoms with E-state index in [9.17, 15) is 5.26 Å². The van der Waals surface area contributed by atoms with E-state index in [0.29, 0.717) is 21.8 Å². The van der Waals surface area contributed by atoms with E-state index in [1.165, 1.54) is 0 Å². The van der Waals surface area contributed by atoms with Crippen LogP contribution in [0.25, 0.3) is 33.9 Å². The van der Waals surface area contributed by atoms with E-state index in [-0.39, 0.29) is 5.82 Å². The fourth-order valence-electron chi connectivity index (χ4n) is 3.85. The van der Waals surface area contributed by atoms with Gasteiger partial charge >= 0.3 is 0 Å². The number of pyridine rings is 1. The maximum atomic E-state index is 9.96. The Labute approximate surface area is 195 Å². The van der Waals surface area contributed by atoms with Crippen molar-refractivity contribution in [1.82, 2.24) is 24.3 Å². The van der Waals surface area contributed by atoms with E-state index < -0.39 is 0 Å². The molecule has 0 saturated carbocycles. The molecule has 0 radical (unpaired) electrons. The minimum absolute atomic E-state index is 0.156. The predicted octanol–water partition coefficient (Wildman–Crippen LogP) is 5.20. The Morgan fingerprint density at radius 1 is 1.06 bits per heavy atom. The number of benzene rings is 2. The number of nitriles is 1. The van der Waals surface area contributed by atoms with Gasteiger partial charge in [0, 0.05) is 34.1 Å². The van der Waals surface area contributed by atoms with Crippen molar-refractivity contribution in [1.29, 1.82) is 5.26 Å². The van der Waals surface area contributed by atoms with Crippen molar-refractivity contribution in [3.05, 3.63) is 95.7 Å². The number of hydrogen-bond donors (Lipinski definition) is 1. The summed E-state index contributed by atoms with van der Waals surface area (Å²) in [6.07, 6.45) is 5.25. The molecule has 2 aromatic carbocycles. The average molecular weight is 452 g/mol. The number of halogens is 1. The van der Waals surface area contributed by atoms with E-state index >= 15 is 0 Å². The van der Waals surface area contributed by atoms with Crippen LogP contribution in [0.1, 0.15) is 11.3 Å². The van der Waals surface area contributed by atoms with Crippen molar-refractivity contribution in [2.45, 2.75) is 6.92 Å². The number of anilines is 1. The van der Waals surface area contributed by atoms with Crippen LogP contribution in [-0.2, 0) is 0 Å². The van der Waals surface area contributed by atoms with E-state index in [1.54, 1.807) is 24.7 Å². The monoisotopic (exact) mass is 451 g/mol. The fourth-order valence-corrected chi connectivity index (χ4v) is 3.98. The van der Waals surface area contributed by atoms with Crippen LogP contribution in [0, 0.1) is 18.3 Å². The van der Waals surface area contributed by atoms with Gasteiger partial charge in [-0.15, -0.1) is 0 Å². The lowest BCUT2D eigenvalue weighted by atomic mass is 9.98. The lowest BCUT2D eigenvalue weighted by Crippen LogP contribution is -2.06. The Hall–Kier alpha value is -4.41. The fraction of sp³-hybridized carbons (Fsp3) is 0.0400. The van der Waals surface area contributed by atoms with E-state index in [0.717, 1.165) is 28.3 Å². The maximum Gasteiger partial charge on any atom is 0.149 e. The highest BCUT2D eigenvalue weighted by Gasteiger charge is 2.24. The largest absolute Gasteiger partial charge is 0.383 e. The van der Waals surface area contributed by atoms with Gasteiger partial charge in [0.05, 0.1) is 17.1 Å². The van der Waals surface area contributed by atoms with Gasteiger partial charge in [-0.25, -0.2) is 14.6 Å². The van der Waals surface area contributed by atoms with Crippen LogP contribution in [0.4, 0.5) is 5.82 Å². The lowest BCUT2D eigenvalue weighted by Gasteiger charge is -2.13. The molecule has 0 bridgehead atoms. The summed E-state index contributed by atoms with van der Waals surface area (Å²) in [6.45, 7) is 1.91. The number of nitrogen functional groups attached to an aromatic ring is 1. The lowest BCUT2D eigenvalue weighted by molar-refractivity contribution is 0.812. The second-order valence-electron chi connectivity index (χ2n) is 7.44. The molecule has 5 rings (SSSR count).